The molecule has 2 amide bonds. The second kappa shape index (κ2) is 9.52. The average Bonchev–Trinajstić information content (AvgIpc) is 3.03. The number of carbonyl (C=O) groups is 2. The molecule has 0 saturated carbocycles. The molecule has 4 rings (SSSR count). The lowest BCUT2D eigenvalue weighted by Gasteiger charge is -2.15. The number of nitrogens with zero attached hydrogens (tertiary/aromatic N) is 1. The molecule has 0 aromatic heterocycles. The summed E-state index contributed by atoms with van der Waals surface area (Å²) < 4.78 is 5.52. The number of hydrogen-bond donors (Lipinski definition) is 1. The van der Waals surface area contributed by atoms with Crippen molar-refractivity contribution in [1.82, 2.24) is 4.90 Å². The van der Waals surface area contributed by atoms with E-state index in [1.807, 2.05) is 92.7 Å². The third kappa shape index (κ3) is 4.57. The maximum Gasteiger partial charge on any atom is 0.278 e. The van der Waals surface area contributed by atoms with Gasteiger partial charge in [0.1, 0.15) is 11.4 Å². The van der Waals surface area contributed by atoms with E-state index in [1.165, 1.54) is 4.90 Å². The van der Waals surface area contributed by atoms with Crippen LogP contribution >= 0.6 is 0 Å². The average molecular weight is 427 g/mol. The van der Waals surface area contributed by atoms with Gasteiger partial charge in [0.15, 0.2) is 0 Å². The number of ether oxygens (including phenoxy) is 1. The number of imide groups is 1. The van der Waals surface area contributed by atoms with Crippen molar-refractivity contribution >= 4 is 23.1 Å². The first-order chi connectivity index (χ1) is 15.6. The van der Waals surface area contributed by atoms with Crippen LogP contribution < -0.4 is 10.1 Å². The van der Waals surface area contributed by atoms with E-state index >= 15 is 0 Å². The minimum Gasteiger partial charge on any atom is -0.494 e. The van der Waals surface area contributed by atoms with Gasteiger partial charge in [-0.2, -0.15) is 0 Å². The quantitative estimate of drug-likeness (QED) is 0.524. The van der Waals surface area contributed by atoms with Gasteiger partial charge in [0.05, 0.1) is 12.2 Å². The number of benzene rings is 3. The van der Waals surface area contributed by atoms with Crippen molar-refractivity contribution in [2.24, 2.45) is 0 Å². The van der Waals surface area contributed by atoms with Crippen molar-refractivity contribution in [3.63, 3.8) is 0 Å². The Morgan fingerprint density at radius 1 is 0.875 bits per heavy atom. The molecule has 1 heterocycles. The second-order valence-electron chi connectivity index (χ2n) is 7.70. The van der Waals surface area contributed by atoms with Gasteiger partial charge in [-0.15, -0.1) is 0 Å². The molecular formula is C27H26N2O3. The topological polar surface area (TPSA) is 58.6 Å². The molecule has 5 nitrogen and oxygen atoms in total. The zero-order valence-corrected chi connectivity index (χ0v) is 18.3. The van der Waals surface area contributed by atoms with Crippen LogP contribution in [0.2, 0.25) is 0 Å². The molecule has 0 aliphatic carbocycles. The summed E-state index contributed by atoms with van der Waals surface area (Å²) in [7, 11) is 0. The number of nitrogens with one attached hydrogen (secondary N) is 1. The summed E-state index contributed by atoms with van der Waals surface area (Å²) >= 11 is 0. The smallest absolute Gasteiger partial charge is 0.278 e. The standard InChI is InChI=1S/C27H26N2O3/c1-3-32-23-14-12-21(13-15-23)24-25(28-22-11-7-8-19(2)18-22)27(31)29(26(24)30)17-16-20-9-5-4-6-10-20/h4-15,18,28H,3,16-17H2,1-2H3. The summed E-state index contributed by atoms with van der Waals surface area (Å²) in [6.07, 6.45) is 0.604. The van der Waals surface area contributed by atoms with E-state index in [0.717, 1.165) is 22.6 Å². The Hall–Kier alpha value is -3.86. The molecule has 3 aromatic carbocycles. The van der Waals surface area contributed by atoms with E-state index in [2.05, 4.69) is 5.32 Å². The first kappa shape index (κ1) is 21.4. The third-order valence-corrected chi connectivity index (χ3v) is 5.38. The molecule has 1 aliphatic rings. The number of carbonyl (C=O) groups excluding carboxylic acids is 2. The van der Waals surface area contributed by atoms with Gasteiger partial charge in [0.25, 0.3) is 11.8 Å². The van der Waals surface area contributed by atoms with Crippen LogP contribution in [0.25, 0.3) is 5.57 Å². The predicted octanol–water partition coefficient (Wildman–Crippen LogP) is 4.83. The van der Waals surface area contributed by atoms with Crippen molar-refractivity contribution in [2.45, 2.75) is 20.3 Å². The van der Waals surface area contributed by atoms with Gasteiger partial charge in [-0.3, -0.25) is 14.5 Å². The fourth-order valence-corrected chi connectivity index (χ4v) is 3.80. The lowest BCUT2D eigenvalue weighted by Crippen LogP contribution is -2.34. The van der Waals surface area contributed by atoms with Crippen LogP contribution in [0.5, 0.6) is 5.75 Å². The summed E-state index contributed by atoms with van der Waals surface area (Å²) in [5, 5.41) is 3.21. The van der Waals surface area contributed by atoms with Crippen LogP contribution in [-0.4, -0.2) is 29.9 Å². The normalized spacial score (nSPS) is 13.6. The first-order valence-corrected chi connectivity index (χ1v) is 10.8. The van der Waals surface area contributed by atoms with Crippen LogP contribution in [0.4, 0.5) is 5.69 Å². The minimum atomic E-state index is -0.309. The molecular weight excluding hydrogens is 400 g/mol. The molecule has 0 spiro atoms. The molecule has 3 aromatic rings. The first-order valence-electron chi connectivity index (χ1n) is 10.8. The summed E-state index contributed by atoms with van der Waals surface area (Å²) in [5.41, 5.74) is 4.29. The van der Waals surface area contributed by atoms with Gasteiger partial charge in [0.2, 0.25) is 0 Å². The number of aryl methyl sites for hydroxylation is 1. The van der Waals surface area contributed by atoms with Crippen LogP contribution in [0.3, 0.4) is 0 Å². The number of hydrogen-bond acceptors (Lipinski definition) is 4. The molecule has 1 N–H and O–H groups in total. The lowest BCUT2D eigenvalue weighted by atomic mass is 10.0. The fourth-order valence-electron chi connectivity index (χ4n) is 3.80. The third-order valence-electron chi connectivity index (χ3n) is 5.38. The Morgan fingerprint density at radius 2 is 1.62 bits per heavy atom. The second-order valence-corrected chi connectivity index (χ2v) is 7.70. The molecule has 0 fully saturated rings. The Kier molecular flexibility index (Phi) is 6.36. The Morgan fingerprint density at radius 3 is 2.31 bits per heavy atom. The van der Waals surface area contributed by atoms with Crippen LogP contribution in [0.1, 0.15) is 23.6 Å². The molecule has 0 atom stereocenters. The number of rotatable bonds is 8. The van der Waals surface area contributed by atoms with Gasteiger partial charge >= 0.3 is 0 Å². The van der Waals surface area contributed by atoms with Gasteiger partial charge in [-0.05, 0) is 61.2 Å². The maximum atomic E-state index is 13.4. The van der Waals surface area contributed by atoms with Crippen LogP contribution in [0.15, 0.2) is 84.6 Å². The van der Waals surface area contributed by atoms with E-state index in [4.69, 9.17) is 4.74 Å². The summed E-state index contributed by atoms with van der Waals surface area (Å²) in [6, 6.07) is 24.9. The fraction of sp³-hybridized carbons (Fsp3) is 0.185. The van der Waals surface area contributed by atoms with E-state index in [9.17, 15) is 9.59 Å². The van der Waals surface area contributed by atoms with E-state index in [1.54, 1.807) is 0 Å². The van der Waals surface area contributed by atoms with E-state index in [0.29, 0.717) is 36.4 Å². The monoisotopic (exact) mass is 426 g/mol. The SMILES string of the molecule is CCOc1ccc(C2=C(Nc3cccc(C)c3)C(=O)N(CCc3ccccc3)C2=O)cc1. The highest BCUT2D eigenvalue weighted by molar-refractivity contribution is 6.36. The predicted molar refractivity (Wildman–Crippen MR) is 126 cm³/mol. The van der Waals surface area contributed by atoms with Gasteiger partial charge < -0.3 is 10.1 Å². The van der Waals surface area contributed by atoms with Crippen molar-refractivity contribution < 1.29 is 14.3 Å². The molecule has 0 radical (unpaired) electrons. The number of anilines is 1. The highest BCUT2D eigenvalue weighted by Gasteiger charge is 2.38. The molecule has 162 valence electrons. The molecule has 0 unspecified atom stereocenters. The van der Waals surface area contributed by atoms with Gasteiger partial charge in [-0.25, -0.2) is 0 Å². The minimum absolute atomic E-state index is 0.287. The summed E-state index contributed by atoms with van der Waals surface area (Å²) in [5.74, 6) is 0.129. The van der Waals surface area contributed by atoms with Crippen molar-refractivity contribution in [2.75, 3.05) is 18.5 Å². The van der Waals surface area contributed by atoms with Crippen molar-refractivity contribution in [3.05, 3.63) is 101 Å². The van der Waals surface area contributed by atoms with Gasteiger partial charge in [0, 0.05) is 12.2 Å². The lowest BCUT2D eigenvalue weighted by molar-refractivity contribution is -0.136. The van der Waals surface area contributed by atoms with Gasteiger partial charge in [-0.1, -0.05) is 54.6 Å². The van der Waals surface area contributed by atoms with Crippen LogP contribution in [0, 0.1) is 6.92 Å². The molecule has 1 aliphatic heterocycles. The highest BCUT2D eigenvalue weighted by Crippen LogP contribution is 2.31. The highest BCUT2D eigenvalue weighted by atomic mass is 16.5. The Labute approximate surface area is 188 Å². The Balaban J connectivity index is 1.66. The molecule has 0 saturated heterocycles. The maximum absolute atomic E-state index is 13.4. The van der Waals surface area contributed by atoms with Crippen molar-refractivity contribution in [1.29, 1.82) is 0 Å². The Bertz CT molecular complexity index is 1150. The summed E-state index contributed by atoms with van der Waals surface area (Å²) in [4.78, 5) is 28.1. The van der Waals surface area contributed by atoms with Crippen LogP contribution in [-0.2, 0) is 16.0 Å². The van der Waals surface area contributed by atoms with E-state index in [-0.39, 0.29) is 11.8 Å². The zero-order valence-electron chi connectivity index (χ0n) is 18.3. The zero-order chi connectivity index (χ0) is 22.5. The molecule has 5 heteroatoms. The summed E-state index contributed by atoms with van der Waals surface area (Å²) in [6.45, 7) is 4.79. The van der Waals surface area contributed by atoms with Crippen molar-refractivity contribution in [3.8, 4) is 5.75 Å². The molecule has 32 heavy (non-hydrogen) atoms. The van der Waals surface area contributed by atoms with E-state index < -0.39 is 0 Å². The largest absolute Gasteiger partial charge is 0.494 e. The molecule has 0 bridgehead atoms. The number of amides is 2.